The first-order valence-electron chi connectivity index (χ1n) is 17.2. The van der Waals surface area contributed by atoms with Crippen LogP contribution in [0, 0.1) is 17.8 Å². The molecule has 0 radical (unpaired) electrons. The highest BCUT2D eigenvalue weighted by Crippen LogP contribution is 2.47. The summed E-state index contributed by atoms with van der Waals surface area (Å²) < 4.78 is 37.7. The van der Waals surface area contributed by atoms with Crippen LogP contribution in [0.3, 0.4) is 0 Å². The molecule has 4 aliphatic rings. The zero-order chi connectivity index (χ0) is 34.8. The van der Waals surface area contributed by atoms with Gasteiger partial charge in [0.15, 0.2) is 18.7 Å². The molecule has 4 heterocycles. The first kappa shape index (κ1) is 37.9. The molecule has 4 saturated heterocycles. The number of hydrogen-bond donors (Lipinski definition) is 2. The first-order chi connectivity index (χ1) is 22.0. The Kier molecular flexibility index (Phi) is 12.4. The number of nitrogens with one attached hydrogen (secondary N) is 1. The van der Waals surface area contributed by atoms with Gasteiger partial charge in [0.05, 0.1) is 35.9 Å². The van der Waals surface area contributed by atoms with E-state index in [4.69, 9.17) is 28.4 Å². The minimum absolute atomic E-state index is 0.0333. The van der Waals surface area contributed by atoms with Gasteiger partial charge in [-0.3, -0.25) is 14.4 Å². The van der Waals surface area contributed by atoms with Crippen molar-refractivity contribution in [2.24, 2.45) is 17.8 Å². The minimum atomic E-state index is -1.28. The second kappa shape index (κ2) is 15.3. The monoisotopic (exact) mass is 669 g/mol. The number of aliphatic hydroxyl groups is 1. The second-order valence-electron chi connectivity index (χ2n) is 14.8. The fourth-order valence-electron chi connectivity index (χ4n) is 8.26. The lowest BCUT2D eigenvalue weighted by atomic mass is 9.70. The summed E-state index contributed by atoms with van der Waals surface area (Å²) in [5, 5.41) is 15.5. The highest BCUT2D eigenvalue weighted by molar-refractivity contribution is 5.80. The number of nitrogens with zero attached hydrogens (tertiary/aromatic N) is 2. The molecule has 13 atom stereocenters. The molecule has 4 fully saturated rings. The molecular formula is C34H59N3O10. The molecular weight excluding hydrogens is 610 g/mol. The molecule has 0 spiro atoms. The predicted molar refractivity (Wildman–Crippen MR) is 172 cm³/mol. The summed E-state index contributed by atoms with van der Waals surface area (Å²) in [4.78, 5) is 42.2. The second-order valence-corrected chi connectivity index (χ2v) is 14.8. The van der Waals surface area contributed by atoms with Crippen LogP contribution in [-0.4, -0.2) is 134 Å². The molecule has 4 aliphatic heterocycles. The molecule has 0 bridgehead atoms. The number of ether oxygens (including phenoxy) is 6. The molecule has 2 amide bonds. The van der Waals surface area contributed by atoms with Crippen LogP contribution in [0.1, 0.15) is 80.1 Å². The van der Waals surface area contributed by atoms with E-state index in [1.54, 1.807) is 32.9 Å². The van der Waals surface area contributed by atoms with Crippen LogP contribution in [0.4, 0.5) is 0 Å². The summed E-state index contributed by atoms with van der Waals surface area (Å²) in [5.41, 5.74) is -2.20. The molecule has 0 saturated carbocycles. The SMILES string of the molecule is CO[C@]1(C)C[C@H](O[C@H]2[C@H](C)[C@H]3O[C@@H]4O[C@H](C)C[C@H](N(C)C)[C@H]4C[C@@]3(O)CCCN(C)C(=O)CCNC(=O)[C@@H]2C)O[C@@H](C)[C@@H]1OC(C)=O. The van der Waals surface area contributed by atoms with E-state index < -0.39 is 66.0 Å². The van der Waals surface area contributed by atoms with Crippen molar-refractivity contribution in [3.63, 3.8) is 0 Å². The third-order valence-electron chi connectivity index (χ3n) is 11.0. The minimum Gasteiger partial charge on any atom is -0.457 e. The number of rotatable bonds is 5. The van der Waals surface area contributed by atoms with Gasteiger partial charge < -0.3 is 48.6 Å². The molecule has 0 aromatic heterocycles. The average molecular weight is 670 g/mol. The van der Waals surface area contributed by atoms with Gasteiger partial charge >= 0.3 is 5.97 Å². The molecule has 13 nitrogen and oxygen atoms in total. The van der Waals surface area contributed by atoms with Crippen LogP contribution < -0.4 is 5.32 Å². The molecule has 13 heteroatoms. The zero-order valence-corrected chi connectivity index (χ0v) is 30.0. The van der Waals surface area contributed by atoms with Crippen LogP contribution in [-0.2, 0) is 42.8 Å². The Morgan fingerprint density at radius 3 is 2.45 bits per heavy atom. The number of esters is 1. The number of carbonyl (C=O) groups is 3. The third-order valence-corrected chi connectivity index (χ3v) is 11.0. The van der Waals surface area contributed by atoms with E-state index in [-0.39, 0.29) is 49.3 Å². The van der Waals surface area contributed by atoms with Crippen molar-refractivity contribution < 1.29 is 47.9 Å². The normalized spacial score (nSPS) is 44.2. The fourth-order valence-corrected chi connectivity index (χ4v) is 8.26. The summed E-state index contributed by atoms with van der Waals surface area (Å²) in [6.07, 6.45) is -1.49. The maximum Gasteiger partial charge on any atom is 0.303 e. The molecule has 0 aliphatic carbocycles. The first-order valence-corrected chi connectivity index (χ1v) is 17.2. The van der Waals surface area contributed by atoms with Crippen molar-refractivity contribution in [3.05, 3.63) is 0 Å². The van der Waals surface area contributed by atoms with Crippen LogP contribution in [0.15, 0.2) is 0 Å². The lowest BCUT2D eigenvalue weighted by molar-refractivity contribution is -0.337. The van der Waals surface area contributed by atoms with Crippen LogP contribution in [0.2, 0.25) is 0 Å². The van der Waals surface area contributed by atoms with Crippen molar-refractivity contribution >= 4 is 17.8 Å². The zero-order valence-electron chi connectivity index (χ0n) is 30.0. The average Bonchev–Trinajstić information content (AvgIpc) is 2.99. The Bertz CT molecular complexity index is 1110. The smallest absolute Gasteiger partial charge is 0.303 e. The molecule has 0 aromatic carbocycles. The van der Waals surface area contributed by atoms with E-state index >= 15 is 0 Å². The molecule has 2 N–H and O–H groups in total. The van der Waals surface area contributed by atoms with Crippen molar-refractivity contribution in [1.29, 1.82) is 0 Å². The van der Waals surface area contributed by atoms with Gasteiger partial charge in [-0.05, 0) is 60.5 Å². The number of fused-ring (bicyclic) bond motifs is 2. The summed E-state index contributed by atoms with van der Waals surface area (Å²) >= 11 is 0. The highest BCUT2D eigenvalue weighted by Gasteiger charge is 2.57. The Morgan fingerprint density at radius 1 is 1.11 bits per heavy atom. The van der Waals surface area contributed by atoms with Crippen LogP contribution >= 0.6 is 0 Å². The third kappa shape index (κ3) is 8.48. The van der Waals surface area contributed by atoms with Gasteiger partial charge in [-0.25, -0.2) is 0 Å². The highest BCUT2D eigenvalue weighted by atomic mass is 16.7. The lowest BCUT2D eigenvalue weighted by Crippen LogP contribution is -2.65. The molecule has 0 unspecified atom stereocenters. The van der Waals surface area contributed by atoms with Gasteiger partial charge in [0, 0.05) is 64.9 Å². The van der Waals surface area contributed by atoms with E-state index in [9.17, 15) is 19.5 Å². The van der Waals surface area contributed by atoms with Crippen molar-refractivity contribution in [3.8, 4) is 0 Å². The Labute approximate surface area is 280 Å². The van der Waals surface area contributed by atoms with E-state index in [0.29, 0.717) is 25.8 Å². The van der Waals surface area contributed by atoms with Gasteiger partial charge in [0.25, 0.3) is 0 Å². The summed E-state index contributed by atoms with van der Waals surface area (Å²) in [7, 11) is 7.40. The largest absolute Gasteiger partial charge is 0.457 e. The van der Waals surface area contributed by atoms with Gasteiger partial charge in [0.2, 0.25) is 11.8 Å². The quantitative estimate of drug-likeness (QED) is 0.415. The van der Waals surface area contributed by atoms with Crippen LogP contribution in [0.25, 0.3) is 0 Å². The standard InChI is InChI=1S/C34H59N3O10/c1-19-16-25(36(7)8)24-17-34(41)13-11-15-37(9)26(39)12-14-35-31(40)21(3)28(20(2)29(34)47-32(24)43-19)46-27-18-33(6,42-10)30(22(4)44-27)45-23(5)38/h19-22,24-25,27-30,32,41H,11-18H2,1-10H3,(H,35,40)/t19-,20+,21-,22+,24-,25+,27+,28+,29-,30+,32+,33-,34+/m1/s1. The Hall–Kier alpha value is -1.87. The van der Waals surface area contributed by atoms with Gasteiger partial charge in [0.1, 0.15) is 5.60 Å². The Balaban J connectivity index is 1.70. The van der Waals surface area contributed by atoms with Crippen molar-refractivity contribution in [1.82, 2.24) is 15.1 Å². The number of methoxy groups -OCH3 is 1. The maximum atomic E-state index is 13.6. The molecule has 270 valence electrons. The van der Waals surface area contributed by atoms with E-state index in [1.165, 1.54) is 6.92 Å². The fraction of sp³-hybridized carbons (Fsp3) is 0.912. The lowest BCUT2D eigenvalue weighted by Gasteiger charge is -2.55. The van der Waals surface area contributed by atoms with Gasteiger partial charge in [-0.15, -0.1) is 0 Å². The van der Waals surface area contributed by atoms with E-state index in [2.05, 4.69) is 10.2 Å². The molecule has 47 heavy (non-hydrogen) atoms. The van der Waals surface area contributed by atoms with Gasteiger partial charge in [-0.2, -0.15) is 0 Å². The number of amides is 2. The van der Waals surface area contributed by atoms with E-state index in [1.807, 2.05) is 34.9 Å². The molecule has 4 rings (SSSR count). The maximum absolute atomic E-state index is 13.6. The van der Waals surface area contributed by atoms with Gasteiger partial charge in [-0.1, -0.05) is 13.8 Å². The summed E-state index contributed by atoms with van der Waals surface area (Å²) in [5.74, 6) is -2.06. The Morgan fingerprint density at radius 2 is 1.81 bits per heavy atom. The van der Waals surface area contributed by atoms with Crippen molar-refractivity contribution in [2.45, 2.75) is 140 Å². The van der Waals surface area contributed by atoms with E-state index in [0.717, 1.165) is 6.42 Å². The summed E-state index contributed by atoms with van der Waals surface area (Å²) in [6.45, 7) is 11.4. The summed E-state index contributed by atoms with van der Waals surface area (Å²) in [6, 6.07) is 0.146. The predicted octanol–water partition coefficient (Wildman–Crippen LogP) is 2.08. The number of hydrogen-bond acceptors (Lipinski definition) is 11. The van der Waals surface area contributed by atoms with Crippen LogP contribution in [0.5, 0.6) is 0 Å². The molecule has 0 aromatic rings. The number of carbonyl (C=O) groups excluding carboxylic acids is 3. The van der Waals surface area contributed by atoms with Crippen molar-refractivity contribution in [2.75, 3.05) is 41.3 Å². The topological polar surface area (TPSA) is 145 Å².